The lowest BCUT2D eigenvalue weighted by atomic mass is 10.2. The summed E-state index contributed by atoms with van der Waals surface area (Å²) in [5.74, 6) is -1.98. The third kappa shape index (κ3) is 1.52. The Balaban J connectivity index is 3.61. The fourth-order valence-electron chi connectivity index (χ4n) is 0.844. The van der Waals surface area contributed by atoms with Crippen molar-refractivity contribution in [2.24, 2.45) is 0 Å². The number of nitrogens with zero attached hydrogens (tertiary/aromatic N) is 2. The Morgan fingerprint density at radius 1 is 1.71 bits per heavy atom. The fourth-order valence-corrected chi connectivity index (χ4v) is 1.26. The highest BCUT2D eigenvalue weighted by Gasteiger charge is 2.23. The lowest BCUT2D eigenvalue weighted by Gasteiger charge is -2.01. The quantitative estimate of drug-likeness (QED) is 0.619. The van der Waals surface area contributed by atoms with Crippen molar-refractivity contribution in [3.05, 3.63) is 32.0 Å². The van der Waals surface area contributed by atoms with E-state index < -0.39 is 27.7 Å². The average Bonchev–Trinajstić information content (AvgIpc) is 2.12. The topological polar surface area (TPSA) is 87.2 Å². The largest absolute Gasteiger partial charge is 0.501 e. The van der Waals surface area contributed by atoms with Crippen molar-refractivity contribution in [3.8, 4) is 11.8 Å². The van der Waals surface area contributed by atoms with Gasteiger partial charge >= 0.3 is 5.69 Å². The van der Waals surface area contributed by atoms with Crippen molar-refractivity contribution in [3.63, 3.8) is 0 Å². The molecular formula is C7H2BrFN2O3. The maximum absolute atomic E-state index is 13.1. The lowest BCUT2D eigenvalue weighted by molar-refractivity contribution is -0.386. The zero-order valence-electron chi connectivity index (χ0n) is 6.49. The summed E-state index contributed by atoms with van der Waals surface area (Å²) >= 11 is 2.70. The Morgan fingerprint density at radius 2 is 2.29 bits per heavy atom. The van der Waals surface area contributed by atoms with E-state index in [2.05, 4.69) is 15.9 Å². The minimum Gasteiger partial charge on any atom is -0.501 e. The van der Waals surface area contributed by atoms with E-state index in [0.29, 0.717) is 0 Å². The van der Waals surface area contributed by atoms with E-state index in [-0.39, 0.29) is 4.47 Å². The second kappa shape index (κ2) is 3.59. The molecule has 1 rings (SSSR count). The number of benzene rings is 1. The van der Waals surface area contributed by atoms with Crippen LogP contribution in [0.4, 0.5) is 10.1 Å². The van der Waals surface area contributed by atoms with Gasteiger partial charge < -0.3 is 5.11 Å². The molecule has 0 aliphatic carbocycles. The predicted octanol–water partition coefficient (Wildman–Crippen LogP) is 2.07. The van der Waals surface area contributed by atoms with E-state index in [1.807, 2.05) is 0 Å². The summed E-state index contributed by atoms with van der Waals surface area (Å²) in [6.45, 7) is 0. The Morgan fingerprint density at radius 3 is 2.71 bits per heavy atom. The van der Waals surface area contributed by atoms with Gasteiger partial charge in [-0.15, -0.1) is 0 Å². The van der Waals surface area contributed by atoms with Gasteiger partial charge in [0.05, 0.1) is 9.40 Å². The maximum Gasteiger partial charge on any atom is 0.313 e. The van der Waals surface area contributed by atoms with E-state index in [0.717, 1.165) is 6.07 Å². The van der Waals surface area contributed by atoms with Crippen LogP contribution in [0.5, 0.6) is 5.75 Å². The zero-order chi connectivity index (χ0) is 10.9. The summed E-state index contributed by atoms with van der Waals surface area (Å²) in [6, 6.07) is 2.14. The van der Waals surface area contributed by atoms with E-state index in [4.69, 9.17) is 10.4 Å². The summed E-state index contributed by atoms with van der Waals surface area (Å²) < 4.78 is 12.8. The minimum atomic E-state index is -1.02. The molecule has 1 N–H and O–H groups in total. The number of phenols is 1. The van der Waals surface area contributed by atoms with Crippen LogP contribution < -0.4 is 0 Å². The van der Waals surface area contributed by atoms with Gasteiger partial charge in [0.15, 0.2) is 5.82 Å². The molecule has 1 aromatic carbocycles. The Labute approximate surface area is 85.7 Å². The summed E-state index contributed by atoms with van der Waals surface area (Å²) in [5, 5.41) is 27.9. The molecule has 7 heteroatoms. The highest BCUT2D eigenvalue weighted by molar-refractivity contribution is 9.10. The molecular weight excluding hydrogens is 259 g/mol. The van der Waals surface area contributed by atoms with E-state index in [1.165, 1.54) is 6.07 Å². The van der Waals surface area contributed by atoms with Gasteiger partial charge in [-0.25, -0.2) is 4.39 Å². The molecule has 0 aliphatic rings. The first-order valence-electron chi connectivity index (χ1n) is 3.24. The lowest BCUT2D eigenvalue weighted by Crippen LogP contribution is -1.94. The van der Waals surface area contributed by atoms with Crippen LogP contribution in [0, 0.1) is 27.3 Å². The molecule has 0 fully saturated rings. The molecule has 0 saturated heterocycles. The Bertz CT molecular complexity index is 455. The van der Waals surface area contributed by atoms with Crippen LogP contribution in [0.2, 0.25) is 0 Å². The molecule has 0 atom stereocenters. The van der Waals surface area contributed by atoms with Crippen molar-refractivity contribution in [1.82, 2.24) is 0 Å². The highest BCUT2D eigenvalue weighted by Crippen LogP contribution is 2.35. The molecule has 5 nitrogen and oxygen atoms in total. The molecule has 1 aromatic rings. The summed E-state index contributed by atoms with van der Waals surface area (Å²) in [4.78, 5) is 9.44. The van der Waals surface area contributed by atoms with Crippen molar-refractivity contribution in [2.45, 2.75) is 0 Å². The van der Waals surface area contributed by atoms with Crippen LogP contribution in [0.25, 0.3) is 0 Å². The van der Waals surface area contributed by atoms with E-state index >= 15 is 0 Å². The van der Waals surface area contributed by atoms with Crippen LogP contribution in [0.1, 0.15) is 5.56 Å². The number of rotatable bonds is 1. The number of nitriles is 1. The number of phenolic OH excluding ortho intramolecular Hbond substituents is 1. The molecule has 0 amide bonds. The van der Waals surface area contributed by atoms with Crippen LogP contribution in [0.3, 0.4) is 0 Å². The van der Waals surface area contributed by atoms with Gasteiger partial charge in [-0.1, -0.05) is 0 Å². The predicted molar refractivity (Wildman–Crippen MR) is 47.1 cm³/mol. The minimum absolute atomic E-state index is 0.237. The third-order valence-electron chi connectivity index (χ3n) is 1.48. The molecule has 0 saturated carbocycles. The first kappa shape index (κ1) is 10.4. The van der Waals surface area contributed by atoms with E-state index in [9.17, 15) is 14.5 Å². The van der Waals surface area contributed by atoms with E-state index in [1.54, 1.807) is 0 Å². The van der Waals surface area contributed by atoms with Gasteiger partial charge in [0, 0.05) is 6.07 Å². The average molecular weight is 261 g/mol. The first-order chi connectivity index (χ1) is 6.49. The molecule has 0 bridgehead atoms. The van der Waals surface area contributed by atoms with Crippen LogP contribution in [0.15, 0.2) is 10.5 Å². The van der Waals surface area contributed by atoms with Gasteiger partial charge in [0.2, 0.25) is 5.75 Å². The number of hydrogen-bond donors (Lipinski definition) is 1. The van der Waals surface area contributed by atoms with Crippen LogP contribution >= 0.6 is 15.9 Å². The van der Waals surface area contributed by atoms with Crippen molar-refractivity contribution in [1.29, 1.82) is 5.26 Å². The van der Waals surface area contributed by atoms with Crippen LogP contribution in [-0.2, 0) is 0 Å². The zero-order valence-corrected chi connectivity index (χ0v) is 8.08. The first-order valence-corrected chi connectivity index (χ1v) is 4.03. The molecule has 0 unspecified atom stereocenters. The molecule has 0 heterocycles. The van der Waals surface area contributed by atoms with Gasteiger partial charge in [-0.2, -0.15) is 5.26 Å². The van der Waals surface area contributed by atoms with Gasteiger partial charge in [-0.05, 0) is 15.9 Å². The number of nitro groups is 1. The third-order valence-corrected chi connectivity index (χ3v) is 2.06. The molecule has 0 aromatic heterocycles. The summed E-state index contributed by atoms with van der Waals surface area (Å²) in [5.41, 5.74) is -1.46. The molecule has 0 aliphatic heterocycles. The summed E-state index contributed by atoms with van der Waals surface area (Å²) in [7, 11) is 0. The Kier molecular flexibility index (Phi) is 2.67. The molecule has 0 spiro atoms. The fraction of sp³-hybridized carbons (Fsp3) is 0. The van der Waals surface area contributed by atoms with Gasteiger partial charge in [-0.3, -0.25) is 10.1 Å². The number of halogens is 2. The second-order valence-electron chi connectivity index (χ2n) is 2.28. The second-order valence-corrected chi connectivity index (χ2v) is 3.14. The monoisotopic (exact) mass is 260 g/mol. The molecule has 0 radical (unpaired) electrons. The van der Waals surface area contributed by atoms with Crippen molar-refractivity contribution in [2.75, 3.05) is 0 Å². The number of hydrogen-bond acceptors (Lipinski definition) is 4. The summed E-state index contributed by atoms with van der Waals surface area (Å²) in [6.07, 6.45) is 0. The number of nitro benzene ring substituents is 1. The maximum atomic E-state index is 13.1. The van der Waals surface area contributed by atoms with Crippen molar-refractivity contribution >= 4 is 21.6 Å². The highest BCUT2D eigenvalue weighted by atomic mass is 79.9. The van der Waals surface area contributed by atoms with Crippen LogP contribution in [-0.4, -0.2) is 10.0 Å². The number of aromatic hydroxyl groups is 1. The van der Waals surface area contributed by atoms with Gasteiger partial charge in [0.1, 0.15) is 11.6 Å². The Hall–Kier alpha value is -1.68. The smallest absolute Gasteiger partial charge is 0.313 e. The van der Waals surface area contributed by atoms with Gasteiger partial charge in [0.25, 0.3) is 0 Å². The molecule has 72 valence electrons. The van der Waals surface area contributed by atoms with Crippen molar-refractivity contribution < 1.29 is 14.4 Å². The SMILES string of the molecule is N#Cc1c(O)c([N+](=O)[O-])cc(Br)c1F. The normalized spacial score (nSPS) is 9.50. The standard InChI is InChI=1S/C7H2BrFN2O3/c8-4-1-5(11(13)14)7(12)3(2-10)6(4)9/h1,12H. The molecule has 14 heavy (non-hydrogen) atoms.